The lowest BCUT2D eigenvalue weighted by Crippen LogP contribution is -2.34. The highest BCUT2D eigenvalue weighted by Crippen LogP contribution is 2.37. The van der Waals surface area contributed by atoms with Gasteiger partial charge in [-0.25, -0.2) is 4.39 Å². The fourth-order valence-corrected chi connectivity index (χ4v) is 2.55. The Hall–Kier alpha value is -1.58. The molecule has 1 aromatic carbocycles. The van der Waals surface area contributed by atoms with Gasteiger partial charge in [0.15, 0.2) is 0 Å². The first-order valence-corrected chi connectivity index (χ1v) is 6.23. The highest BCUT2D eigenvalue weighted by atomic mass is 19.1. The van der Waals surface area contributed by atoms with E-state index >= 15 is 0 Å². The smallest absolute Gasteiger partial charge is 0.253 e. The summed E-state index contributed by atoms with van der Waals surface area (Å²) in [5, 5.41) is 2.93. The summed E-state index contributed by atoms with van der Waals surface area (Å²) >= 11 is 0. The summed E-state index contributed by atoms with van der Waals surface area (Å²) in [6.45, 7) is 4.38. The van der Waals surface area contributed by atoms with Gasteiger partial charge in [0.1, 0.15) is 5.82 Å². The van der Waals surface area contributed by atoms with E-state index in [9.17, 15) is 9.18 Å². The molecule has 1 aromatic rings. The van der Waals surface area contributed by atoms with Gasteiger partial charge >= 0.3 is 0 Å². The first-order valence-electron chi connectivity index (χ1n) is 6.23. The van der Waals surface area contributed by atoms with Gasteiger partial charge < -0.3 is 11.1 Å². The van der Waals surface area contributed by atoms with E-state index in [0.717, 1.165) is 19.3 Å². The normalized spacial score (nSPS) is 21.8. The van der Waals surface area contributed by atoms with E-state index in [0.29, 0.717) is 5.69 Å². The number of hydrogen-bond donors (Lipinski definition) is 2. The Bertz CT molecular complexity index is 471. The molecule has 18 heavy (non-hydrogen) atoms. The van der Waals surface area contributed by atoms with Crippen molar-refractivity contribution in [3.05, 3.63) is 29.6 Å². The van der Waals surface area contributed by atoms with Crippen LogP contribution in [0.1, 0.15) is 43.5 Å². The average molecular weight is 250 g/mol. The van der Waals surface area contributed by atoms with E-state index in [1.54, 1.807) is 0 Å². The number of carbonyl (C=O) groups is 1. The molecule has 4 heteroatoms. The van der Waals surface area contributed by atoms with Crippen molar-refractivity contribution in [1.29, 1.82) is 0 Å². The highest BCUT2D eigenvalue weighted by molar-refractivity contribution is 5.99. The fraction of sp³-hybridized carbons (Fsp3) is 0.500. The number of nitrogens with one attached hydrogen (secondary N) is 1. The predicted molar refractivity (Wildman–Crippen MR) is 69.7 cm³/mol. The van der Waals surface area contributed by atoms with Crippen LogP contribution in [0.15, 0.2) is 18.2 Å². The molecule has 3 N–H and O–H groups in total. The van der Waals surface area contributed by atoms with Crippen molar-refractivity contribution >= 4 is 11.6 Å². The summed E-state index contributed by atoms with van der Waals surface area (Å²) in [7, 11) is 0. The van der Waals surface area contributed by atoms with Gasteiger partial charge in [-0.05, 0) is 42.9 Å². The van der Waals surface area contributed by atoms with Crippen molar-refractivity contribution in [3.8, 4) is 0 Å². The maximum absolute atomic E-state index is 13.1. The third-order valence-corrected chi connectivity index (χ3v) is 3.56. The van der Waals surface area contributed by atoms with Crippen LogP contribution in [0.2, 0.25) is 0 Å². The maximum Gasteiger partial charge on any atom is 0.253 e. The monoisotopic (exact) mass is 250 g/mol. The third kappa shape index (κ3) is 2.81. The Morgan fingerprint density at radius 2 is 2.22 bits per heavy atom. The molecule has 0 aromatic heterocycles. The molecular weight excluding hydrogens is 231 g/mol. The molecule has 1 amide bonds. The Morgan fingerprint density at radius 3 is 2.83 bits per heavy atom. The Morgan fingerprint density at radius 1 is 1.50 bits per heavy atom. The summed E-state index contributed by atoms with van der Waals surface area (Å²) in [4.78, 5) is 12.0. The van der Waals surface area contributed by atoms with Crippen molar-refractivity contribution < 1.29 is 9.18 Å². The number of benzene rings is 1. The van der Waals surface area contributed by atoms with E-state index in [2.05, 4.69) is 19.2 Å². The van der Waals surface area contributed by atoms with Crippen LogP contribution in [0.5, 0.6) is 0 Å². The molecule has 1 atom stereocenters. The number of hydrogen-bond acceptors (Lipinski definition) is 2. The van der Waals surface area contributed by atoms with Gasteiger partial charge in [-0.2, -0.15) is 0 Å². The summed E-state index contributed by atoms with van der Waals surface area (Å²) < 4.78 is 13.1. The molecule has 1 fully saturated rings. The van der Waals surface area contributed by atoms with Crippen LogP contribution in [0.4, 0.5) is 10.1 Å². The SMILES string of the molecule is CC1(C)CCC(NC(=O)c2cc(F)ccc2N)C1. The van der Waals surface area contributed by atoms with E-state index in [1.807, 2.05) is 0 Å². The van der Waals surface area contributed by atoms with Crippen LogP contribution in [0, 0.1) is 11.2 Å². The molecule has 1 aliphatic rings. The minimum atomic E-state index is -0.443. The first-order chi connectivity index (χ1) is 8.37. The number of carbonyl (C=O) groups excluding carboxylic acids is 1. The van der Waals surface area contributed by atoms with Gasteiger partial charge in [0.05, 0.1) is 5.56 Å². The van der Waals surface area contributed by atoms with E-state index in [4.69, 9.17) is 5.73 Å². The topological polar surface area (TPSA) is 55.1 Å². The zero-order valence-electron chi connectivity index (χ0n) is 10.8. The van der Waals surface area contributed by atoms with Crippen LogP contribution < -0.4 is 11.1 Å². The van der Waals surface area contributed by atoms with Crippen molar-refractivity contribution in [2.24, 2.45) is 5.41 Å². The molecule has 0 bridgehead atoms. The number of nitrogens with two attached hydrogens (primary N) is 1. The van der Waals surface area contributed by atoms with Crippen molar-refractivity contribution in [2.75, 3.05) is 5.73 Å². The van der Waals surface area contributed by atoms with Gasteiger partial charge in [0.25, 0.3) is 5.91 Å². The number of nitrogen functional groups attached to an aromatic ring is 1. The lowest BCUT2D eigenvalue weighted by molar-refractivity contribution is 0.0936. The van der Waals surface area contributed by atoms with Crippen molar-refractivity contribution in [1.82, 2.24) is 5.32 Å². The van der Waals surface area contributed by atoms with Crippen LogP contribution in [0.25, 0.3) is 0 Å². The lowest BCUT2D eigenvalue weighted by Gasteiger charge is -2.18. The summed E-state index contributed by atoms with van der Waals surface area (Å²) in [5.74, 6) is -0.726. The molecule has 98 valence electrons. The molecule has 1 unspecified atom stereocenters. The number of amides is 1. The average Bonchev–Trinajstić information content (AvgIpc) is 2.61. The molecule has 3 nitrogen and oxygen atoms in total. The zero-order valence-corrected chi connectivity index (χ0v) is 10.8. The fourth-order valence-electron chi connectivity index (χ4n) is 2.55. The molecule has 0 radical (unpaired) electrons. The van der Waals surface area contributed by atoms with E-state index < -0.39 is 5.82 Å². The first kappa shape index (κ1) is 12.9. The van der Waals surface area contributed by atoms with E-state index in [-0.39, 0.29) is 22.9 Å². The largest absolute Gasteiger partial charge is 0.398 e. The molecule has 0 saturated heterocycles. The second-order valence-electron chi connectivity index (χ2n) is 5.81. The molecule has 0 aliphatic heterocycles. The summed E-state index contributed by atoms with van der Waals surface area (Å²) in [6, 6.07) is 4.02. The third-order valence-electron chi connectivity index (χ3n) is 3.56. The molecule has 1 saturated carbocycles. The zero-order chi connectivity index (χ0) is 13.3. The highest BCUT2D eigenvalue weighted by Gasteiger charge is 2.32. The molecule has 2 rings (SSSR count). The lowest BCUT2D eigenvalue weighted by atomic mass is 9.92. The van der Waals surface area contributed by atoms with Crippen LogP contribution >= 0.6 is 0 Å². The van der Waals surface area contributed by atoms with Gasteiger partial charge in [-0.15, -0.1) is 0 Å². The Balaban J connectivity index is 2.06. The minimum Gasteiger partial charge on any atom is -0.398 e. The van der Waals surface area contributed by atoms with E-state index in [1.165, 1.54) is 18.2 Å². The molecule has 0 heterocycles. The Labute approximate surface area is 107 Å². The number of rotatable bonds is 2. The molecule has 0 spiro atoms. The van der Waals surface area contributed by atoms with Crippen LogP contribution in [0.3, 0.4) is 0 Å². The summed E-state index contributed by atoms with van der Waals surface area (Å²) in [6.07, 6.45) is 3.01. The van der Waals surface area contributed by atoms with Crippen molar-refractivity contribution in [2.45, 2.75) is 39.2 Å². The second kappa shape index (κ2) is 4.59. The number of halogens is 1. The Kier molecular flexibility index (Phi) is 3.28. The minimum absolute atomic E-state index is 0.162. The van der Waals surface area contributed by atoms with Crippen LogP contribution in [-0.2, 0) is 0 Å². The standard InChI is InChI=1S/C14H19FN2O/c1-14(2)6-5-10(8-14)17-13(18)11-7-9(15)3-4-12(11)16/h3-4,7,10H,5-6,8,16H2,1-2H3,(H,17,18). The molecule has 1 aliphatic carbocycles. The van der Waals surface area contributed by atoms with Gasteiger partial charge in [0.2, 0.25) is 0 Å². The quantitative estimate of drug-likeness (QED) is 0.793. The predicted octanol–water partition coefficient (Wildman–Crippen LogP) is 2.72. The van der Waals surface area contributed by atoms with Crippen molar-refractivity contribution in [3.63, 3.8) is 0 Å². The van der Waals surface area contributed by atoms with Gasteiger partial charge in [-0.3, -0.25) is 4.79 Å². The second-order valence-corrected chi connectivity index (χ2v) is 5.81. The number of anilines is 1. The maximum atomic E-state index is 13.1. The molecular formula is C14H19FN2O. The van der Waals surface area contributed by atoms with Crippen LogP contribution in [-0.4, -0.2) is 11.9 Å². The van der Waals surface area contributed by atoms with Gasteiger partial charge in [0, 0.05) is 11.7 Å². The summed E-state index contributed by atoms with van der Waals surface area (Å²) in [5.41, 5.74) is 6.49. The van der Waals surface area contributed by atoms with Gasteiger partial charge in [-0.1, -0.05) is 13.8 Å².